The number of hydrogen-bond donors (Lipinski definition) is 2. The minimum absolute atomic E-state index is 0.118. The van der Waals surface area contributed by atoms with E-state index in [4.69, 9.17) is 4.74 Å². The highest BCUT2D eigenvalue weighted by Crippen LogP contribution is 2.31. The van der Waals surface area contributed by atoms with E-state index in [0.29, 0.717) is 46.2 Å². The summed E-state index contributed by atoms with van der Waals surface area (Å²) in [7, 11) is 1.76. The van der Waals surface area contributed by atoms with Gasteiger partial charge in [-0.1, -0.05) is 6.92 Å². The molecular weight excluding hydrogens is 396 g/mol. The zero-order valence-electron chi connectivity index (χ0n) is 18.2. The fraction of sp³-hybridized carbons (Fsp3) is 0.455. The number of rotatable bonds is 5. The monoisotopic (exact) mass is 424 g/mol. The van der Waals surface area contributed by atoms with Crippen molar-refractivity contribution < 1.29 is 9.53 Å². The van der Waals surface area contributed by atoms with Crippen LogP contribution in [0.2, 0.25) is 0 Å². The van der Waals surface area contributed by atoms with Gasteiger partial charge in [-0.2, -0.15) is 5.10 Å². The Hall–Kier alpha value is -3.36. The Labute approximate surface area is 180 Å². The molecule has 0 saturated carbocycles. The number of nitrogens with one attached hydrogen (secondary N) is 2. The van der Waals surface area contributed by atoms with Crippen molar-refractivity contribution >= 4 is 22.8 Å². The zero-order valence-corrected chi connectivity index (χ0v) is 18.2. The van der Waals surface area contributed by atoms with E-state index in [1.54, 1.807) is 36.9 Å². The molecule has 0 bridgehead atoms. The largest absolute Gasteiger partial charge is 0.493 e. The molecule has 1 fully saturated rings. The number of carbonyl (C=O) groups is 1. The number of carbonyl (C=O) groups excluding carboxylic acids is 1. The molecule has 0 unspecified atom stereocenters. The van der Waals surface area contributed by atoms with Crippen molar-refractivity contribution in [3.05, 3.63) is 34.2 Å². The Bertz CT molecular complexity index is 1160. The minimum Gasteiger partial charge on any atom is -0.493 e. The second kappa shape index (κ2) is 8.79. The molecule has 9 heteroatoms. The van der Waals surface area contributed by atoms with E-state index in [0.717, 1.165) is 38.8 Å². The molecule has 0 atom stereocenters. The van der Waals surface area contributed by atoms with E-state index in [1.807, 2.05) is 11.8 Å². The van der Waals surface area contributed by atoms with Crippen LogP contribution in [0.15, 0.2) is 23.0 Å². The predicted molar refractivity (Wildman–Crippen MR) is 120 cm³/mol. The maximum absolute atomic E-state index is 12.7. The van der Waals surface area contributed by atoms with Gasteiger partial charge in [0.2, 0.25) is 0 Å². The number of aromatic amines is 1. The van der Waals surface area contributed by atoms with E-state index in [1.165, 1.54) is 0 Å². The van der Waals surface area contributed by atoms with Crippen molar-refractivity contribution in [2.24, 2.45) is 7.05 Å². The lowest BCUT2D eigenvalue weighted by Gasteiger charge is -2.27. The van der Waals surface area contributed by atoms with Crippen molar-refractivity contribution in [1.82, 2.24) is 24.6 Å². The smallest absolute Gasteiger partial charge is 0.321 e. The topological polar surface area (TPSA) is 105 Å². The predicted octanol–water partition coefficient (Wildman–Crippen LogP) is 3.44. The number of benzene rings is 1. The standard InChI is InChI=1S/C22H28N6O3/c1-4-12-31-17-9-8-15(23-22(30)28-10-6-5-7-11-28)13-16(17)19-24-20-18(21(29)25-19)14(2)26-27(20)3/h8-9,13H,4-7,10-12H2,1-3H3,(H,23,30)(H,24,25,29). The first-order valence-electron chi connectivity index (χ1n) is 10.7. The second-order valence-corrected chi connectivity index (χ2v) is 7.86. The first kappa shape index (κ1) is 20.9. The summed E-state index contributed by atoms with van der Waals surface area (Å²) in [6.45, 7) is 5.87. The van der Waals surface area contributed by atoms with Crippen molar-refractivity contribution in [2.45, 2.75) is 39.5 Å². The van der Waals surface area contributed by atoms with Crippen molar-refractivity contribution in [3.8, 4) is 17.1 Å². The molecule has 4 rings (SSSR count). The molecule has 3 aromatic rings. The molecule has 0 spiro atoms. The first-order chi connectivity index (χ1) is 15.0. The normalized spacial score (nSPS) is 14.1. The fourth-order valence-electron chi connectivity index (χ4n) is 3.90. The molecule has 0 radical (unpaired) electrons. The summed E-state index contributed by atoms with van der Waals surface area (Å²) >= 11 is 0. The van der Waals surface area contributed by atoms with Crippen LogP contribution in [0.1, 0.15) is 38.3 Å². The lowest BCUT2D eigenvalue weighted by Crippen LogP contribution is -2.38. The van der Waals surface area contributed by atoms with Crippen LogP contribution in [-0.4, -0.2) is 50.4 Å². The molecule has 2 amide bonds. The van der Waals surface area contributed by atoms with E-state index < -0.39 is 0 Å². The number of anilines is 1. The van der Waals surface area contributed by atoms with E-state index in [2.05, 4.69) is 20.4 Å². The average Bonchev–Trinajstić information content (AvgIpc) is 3.07. The molecular formula is C22H28N6O3. The Morgan fingerprint density at radius 1 is 1.26 bits per heavy atom. The number of piperidine rings is 1. The Morgan fingerprint density at radius 3 is 2.77 bits per heavy atom. The van der Waals surface area contributed by atoms with Crippen LogP contribution in [0.5, 0.6) is 5.75 Å². The van der Waals surface area contributed by atoms with Crippen molar-refractivity contribution in [2.75, 3.05) is 25.0 Å². The third kappa shape index (κ3) is 4.26. The average molecular weight is 425 g/mol. The third-order valence-corrected chi connectivity index (χ3v) is 5.46. The van der Waals surface area contributed by atoms with Gasteiger partial charge in [0.15, 0.2) is 5.65 Å². The summed E-state index contributed by atoms with van der Waals surface area (Å²) < 4.78 is 7.49. The van der Waals surface area contributed by atoms with Gasteiger partial charge < -0.3 is 19.9 Å². The van der Waals surface area contributed by atoms with Gasteiger partial charge in [0.05, 0.1) is 17.9 Å². The molecule has 31 heavy (non-hydrogen) atoms. The van der Waals surface area contributed by atoms with Crippen LogP contribution in [0, 0.1) is 6.92 Å². The number of fused-ring (bicyclic) bond motifs is 1. The van der Waals surface area contributed by atoms with Gasteiger partial charge in [0, 0.05) is 25.8 Å². The van der Waals surface area contributed by atoms with E-state index >= 15 is 0 Å². The highest BCUT2D eigenvalue weighted by molar-refractivity contribution is 5.90. The number of aromatic nitrogens is 4. The van der Waals surface area contributed by atoms with Crippen LogP contribution < -0.4 is 15.6 Å². The van der Waals surface area contributed by atoms with Gasteiger partial charge in [-0.25, -0.2) is 14.5 Å². The molecule has 2 aromatic heterocycles. The minimum atomic E-state index is -0.255. The summed E-state index contributed by atoms with van der Waals surface area (Å²) in [4.78, 5) is 34.7. The molecule has 1 aliphatic heterocycles. The number of urea groups is 1. The van der Waals surface area contributed by atoms with Gasteiger partial charge in [-0.15, -0.1) is 0 Å². The summed E-state index contributed by atoms with van der Waals surface area (Å²) in [5, 5.41) is 7.74. The van der Waals surface area contributed by atoms with Crippen LogP contribution in [0.25, 0.3) is 22.4 Å². The van der Waals surface area contributed by atoms with Crippen molar-refractivity contribution in [1.29, 1.82) is 0 Å². The number of aryl methyl sites for hydroxylation is 2. The molecule has 1 saturated heterocycles. The maximum Gasteiger partial charge on any atom is 0.321 e. The summed E-state index contributed by atoms with van der Waals surface area (Å²) in [5.74, 6) is 0.972. The first-order valence-corrected chi connectivity index (χ1v) is 10.7. The number of amides is 2. The molecule has 3 heterocycles. The summed E-state index contributed by atoms with van der Waals surface area (Å²) in [6.07, 6.45) is 4.05. The highest BCUT2D eigenvalue weighted by Gasteiger charge is 2.19. The number of hydrogen-bond acceptors (Lipinski definition) is 5. The van der Waals surface area contributed by atoms with E-state index in [9.17, 15) is 9.59 Å². The quantitative estimate of drug-likeness (QED) is 0.653. The SMILES string of the molecule is CCCOc1ccc(NC(=O)N2CCCCC2)cc1-c1nc2c(c(C)nn2C)c(=O)[nH]1. The third-order valence-electron chi connectivity index (χ3n) is 5.46. The maximum atomic E-state index is 12.7. The molecule has 164 valence electrons. The molecule has 1 aliphatic rings. The van der Waals surface area contributed by atoms with Crippen molar-refractivity contribution in [3.63, 3.8) is 0 Å². The Kier molecular flexibility index (Phi) is 5.92. The number of likely N-dealkylation sites (tertiary alicyclic amines) is 1. The molecule has 2 N–H and O–H groups in total. The van der Waals surface area contributed by atoms with Gasteiger partial charge in [0.25, 0.3) is 5.56 Å². The molecule has 1 aromatic carbocycles. The number of nitrogens with zero attached hydrogens (tertiary/aromatic N) is 4. The van der Waals surface area contributed by atoms with Gasteiger partial charge in [-0.3, -0.25) is 4.79 Å². The van der Waals surface area contributed by atoms with Gasteiger partial charge in [-0.05, 0) is 50.8 Å². The zero-order chi connectivity index (χ0) is 22.0. The lowest BCUT2D eigenvalue weighted by atomic mass is 10.1. The number of ether oxygens (including phenoxy) is 1. The Balaban J connectivity index is 1.73. The lowest BCUT2D eigenvalue weighted by molar-refractivity contribution is 0.200. The number of H-pyrrole nitrogens is 1. The Morgan fingerprint density at radius 2 is 2.03 bits per heavy atom. The van der Waals surface area contributed by atoms with Gasteiger partial charge >= 0.3 is 6.03 Å². The van der Waals surface area contributed by atoms with E-state index in [-0.39, 0.29) is 11.6 Å². The van der Waals surface area contributed by atoms with Gasteiger partial charge in [0.1, 0.15) is 17.0 Å². The fourth-order valence-corrected chi connectivity index (χ4v) is 3.90. The van der Waals surface area contributed by atoms with Crippen LogP contribution in [-0.2, 0) is 7.05 Å². The van der Waals surface area contributed by atoms with Crippen LogP contribution in [0.4, 0.5) is 10.5 Å². The van der Waals surface area contributed by atoms with Crippen LogP contribution >= 0.6 is 0 Å². The molecule has 0 aliphatic carbocycles. The van der Waals surface area contributed by atoms with Crippen LogP contribution in [0.3, 0.4) is 0 Å². The summed E-state index contributed by atoms with van der Waals surface area (Å²) in [5.41, 5.74) is 2.11. The molecule has 9 nitrogen and oxygen atoms in total. The second-order valence-electron chi connectivity index (χ2n) is 7.86. The highest BCUT2D eigenvalue weighted by atomic mass is 16.5. The summed E-state index contributed by atoms with van der Waals surface area (Å²) in [6, 6.07) is 5.28.